The molecule has 1 amide bonds. The SMILES string of the molecule is CCOc1ccc([C@@H]2CC(=O)Nc3cc(OC)c(OC)cc32)cc1. The van der Waals surface area contributed by atoms with E-state index in [0.29, 0.717) is 24.5 Å². The van der Waals surface area contributed by atoms with Crippen molar-refractivity contribution in [1.29, 1.82) is 0 Å². The van der Waals surface area contributed by atoms with Gasteiger partial charge in [0.25, 0.3) is 0 Å². The van der Waals surface area contributed by atoms with Crippen molar-refractivity contribution in [2.45, 2.75) is 19.3 Å². The maximum absolute atomic E-state index is 12.1. The third kappa shape index (κ3) is 3.02. The van der Waals surface area contributed by atoms with Gasteiger partial charge >= 0.3 is 0 Å². The molecule has 5 nitrogen and oxygen atoms in total. The topological polar surface area (TPSA) is 56.8 Å². The van der Waals surface area contributed by atoms with E-state index in [1.807, 2.05) is 43.3 Å². The number of carbonyl (C=O) groups is 1. The lowest BCUT2D eigenvalue weighted by molar-refractivity contribution is -0.116. The summed E-state index contributed by atoms with van der Waals surface area (Å²) in [6.45, 7) is 2.58. The Bertz CT molecular complexity index is 740. The van der Waals surface area contributed by atoms with Gasteiger partial charge in [-0.2, -0.15) is 0 Å². The van der Waals surface area contributed by atoms with Crippen molar-refractivity contribution in [3.63, 3.8) is 0 Å². The molecule has 0 fully saturated rings. The zero-order valence-electron chi connectivity index (χ0n) is 14.1. The molecule has 0 bridgehead atoms. The van der Waals surface area contributed by atoms with Gasteiger partial charge in [-0.1, -0.05) is 12.1 Å². The molecule has 0 aromatic heterocycles. The van der Waals surface area contributed by atoms with Crippen molar-refractivity contribution in [3.8, 4) is 17.2 Å². The second kappa shape index (κ2) is 6.83. The Morgan fingerprint density at radius 1 is 1.08 bits per heavy atom. The molecular weight excluding hydrogens is 306 g/mol. The molecule has 24 heavy (non-hydrogen) atoms. The normalized spacial score (nSPS) is 16.1. The van der Waals surface area contributed by atoms with Gasteiger partial charge in [0.1, 0.15) is 5.75 Å². The number of carbonyl (C=O) groups excluding carboxylic acids is 1. The fraction of sp³-hybridized carbons (Fsp3) is 0.316. The Morgan fingerprint density at radius 3 is 2.38 bits per heavy atom. The van der Waals surface area contributed by atoms with Gasteiger partial charge < -0.3 is 19.5 Å². The van der Waals surface area contributed by atoms with Crippen LogP contribution in [0.3, 0.4) is 0 Å². The molecule has 0 radical (unpaired) electrons. The van der Waals surface area contributed by atoms with Gasteiger partial charge in [-0.3, -0.25) is 4.79 Å². The number of benzene rings is 2. The summed E-state index contributed by atoms with van der Waals surface area (Å²) in [6.07, 6.45) is 0.399. The molecule has 3 rings (SSSR count). The number of hydrogen-bond donors (Lipinski definition) is 1. The lowest BCUT2D eigenvalue weighted by atomic mass is 9.84. The van der Waals surface area contributed by atoms with Gasteiger partial charge in [0, 0.05) is 24.1 Å². The molecular formula is C19H21NO4. The number of methoxy groups -OCH3 is 2. The van der Waals surface area contributed by atoms with Crippen LogP contribution in [0.5, 0.6) is 17.2 Å². The van der Waals surface area contributed by atoms with Crippen LogP contribution in [0.2, 0.25) is 0 Å². The van der Waals surface area contributed by atoms with Crippen molar-refractivity contribution in [2.24, 2.45) is 0 Å². The average Bonchev–Trinajstić information content (AvgIpc) is 2.60. The summed E-state index contributed by atoms with van der Waals surface area (Å²) in [4.78, 5) is 12.1. The lowest BCUT2D eigenvalue weighted by Crippen LogP contribution is -2.23. The van der Waals surface area contributed by atoms with E-state index in [1.54, 1.807) is 14.2 Å². The second-order valence-corrected chi connectivity index (χ2v) is 5.60. The van der Waals surface area contributed by atoms with Crippen LogP contribution in [0.25, 0.3) is 0 Å². The molecule has 0 aliphatic carbocycles. The van der Waals surface area contributed by atoms with E-state index in [4.69, 9.17) is 14.2 Å². The number of ether oxygens (including phenoxy) is 3. The van der Waals surface area contributed by atoms with E-state index in [1.165, 1.54) is 0 Å². The molecule has 0 spiro atoms. The predicted octanol–water partition coefficient (Wildman–Crippen LogP) is 3.58. The highest BCUT2D eigenvalue weighted by molar-refractivity contribution is 5.96. The molecule has 0 unspecified atom stereocenters. The Morgan fingerprint density at radius 2 is 1.75 bits per heavy atom. The van der Waals surface area contributed by atoms with Crippen LogP contribution in [0.1, 0.15) is 30.4 Å². The molecule has 2 aromatic rings. The number of nitrogens with one attached hydrogen (secondary N) is 1. The van der Waals surface area contributed by atoms with Gasteiger partial charge in [-0.15, -0.1) is 0 Å². The van der Waals surface area contributed by atoms with Crippen LogP contribution in [0.4, 0.5) is 5.69 Å². The maximum Gasteiger partial charge on any atom is 0.225 e. The number of anilines is 1. The summed E-state index contributed by atoms with van der Waals surface area (Å²) in [5, 5.41) is 2.92. The van der Waals surface area contributed by atoms with Crippen LogP contribution < -0.4 is 19.5 Å². The molecule has 1 heterocycles. The maximum atomic E-state index is 12.1. The highest BCUT2D eigenvalue weighted by Gasteiger charge is 2.28. The highest BCUT2D eigenvalue weighted by atomic mass is 16.5. The lowest BCUT2D eigenvalue weighted by Gasteiger charge is -2.27. The summed E-state index contributed by atoms with van der Waals surface area (Å²) in [7, 11) is 3.19. The fourth-order valence-electron chi connectivity index (χ4n) is 3.05. The first-order valence-electron chi connectivity index (χ1n) is 7.94. The molecule has 5 heteroatoms. The summed E-state index contributed by atoms with van der Waals surface area (Å²) in [5.41, 5.74) is 2.86. The van der Waals surface area contributed by atoms with Crippen molar-refractivity contribution < 1.29 is 19.0 Å². The van der Waals surface area contributed by atoms with Gasteiger partial charge in [0.05, 0.1) is 20.8 Å². The number of hydrogen-bond acceptors (Lipinski definition) is 4. The summed E-state index contributed by atoms with van der Waals surface area (Å²) in [5.74, 6) is 2.05. The zero-order chi connectivity index (χ0) is 17.1. The van der Waals surface area contributed by atoms with Crippen molar-refractivity contribution in [3.05, 3.63) is 47.5 Å². The third-order valence-electron chi connectivity index (χ3n) is 4.19. The van der Waals surface area contributed by atoms with Crippen molar-refractivity contribution in [2.75, 3.05) is 26.1 Å². The fourth-order valence-corrected chi connectivity index (χ4v) is 3.05. The summed E-state index contributed by atoms with van der Waals surface area (Å²) < 4.78 is 16.2. The van der Waals surface area contributed by atoms with Gasteiger partial charge in [-0.05, 0) is 36.2 Å². The first kappa shape index (κ1) is 16.2. The minimum absolute atomic E-state index is 0.00592. The molecule has 0 saturated heterocycles. The Hall–Kier alpha value is -2.69. The molecule has 1 N–H and O–H groups in total. The van der Waals surface area contributed by atoms with E-state index in [-0.39, 0.29) is 11.8 Å². The number of fused-ring (bicyclic) bond motifs is 1. The van der Waals surface area contributed by atoms with E-state index in [0.717, 1.165) is 22.6 Å². The predicted molar refractivity (Wildman–Crippen MR) is 92.2 cm³/mol. The van der Waals surface area contributed by atoms with Crippen LogP contribution >= 0.6 is 0 Å². The Labute approximate surface area is 141 Å². The van der Waals surface area contributed by atoms with Gasteiger partial charge in [0.15, 0.2) is 11.5 Å². The van der Waals surface area contributed by atoms with Crippen molar-refractivity contribution in [1.82, 2.24) is 0 Å². The monoisotopic (exact) mass is 327 g/mol. The van der Waals surface area contributed by atoms with Gasteiger partial charge in [-0.25, -0.2) is 0 Å². The molecule has 1 aliphatic rings. The molecule has 126 valence electrons. The van der Waals surface area contributed by atoms with Crippen LogP contribution in [-0.4, -0.2) is 26.7 Å². The van der Waals surface area contributed by atoms with Gasteiger partial charge in [0.2, 0.25) is 5.91 Å². The largest absolute Gasteiger partial charge is 0.494 e. The van der Waals surface area contributed by atoms with Crippen molar-refractivity contribution >= 4 is 11.6 Å². The Kier molecular flexibility index (Phi) is 4.60. The minimum Gasteiger partial charge on any atom is -0.494 e. The summed E-state index contributed by atoms with van der Waals surface area (Å²) in [6, 6.07) is 11.6. The molecule has 1 aliphatic heterocycles. The average molecular weight is 327 g/mol. The van der Waals surface area contributed by atoms with Crippen LogP contribution in [0.15, 0.2) is 36.4 Å². The van der Waals surface area contributed by atoms with E-state index < -0.39 is 0 Å². The summed E-state index contributed by atoms with van der Waals surface area (Å²) >= 11 is 0. The molecule has 0 saturated carbocycles. The smallest absolute Gasteiger partial charge is 0.225 e. The van der Waals surface area contributed by atoms with E-state index in [9.17, 15) is 4.79 Å². The zero-order valence-corrected chi connectivity index (χ0v) is 14.1. The van der Waals surface area contributed by atoms with Crippen LogP contribution in [0, 0.1) is 0 Å². The first-order chi connectivity index (χ1) is 11.7. The number of amides is 1. The van der Waals surface area contributed by atoms with E-state index >= 15 is 0 Å². The minimum atomic E-state index is -0.0239. The van der Waals surface area contributed by atoms with Crippen LogP contribution in [-0.2, 0) is 4.79 Å². The van der Waals surface area contributed by atoms with E-state index in [2.05, 4.69) is 5.32 Å². The number of rotatable bonds is 5. The molecule has 2 aromatic carbocycles. The Balaban J connectivity index is 2.02. The second-order valence-electron chi connectivity index (χ2n) is 5.60. The highest BCUT2D eigenvalue weighted by Crippen LogP contribution is 2.43. The molecule has 1 atom stereocenters. The third-order valence-corrected chi connectivity index (χ3v) is 4.19. The standard InChI is InChI=1S/C19H21NO4/c1-4-24-13-7-5-12(6-8-13)14-10-19(21)20-16-11-18(23-3)17(22-2)9-15(14)16/h5-9,11,14H,4,10H2,1-3H3,(H,20,21)/t14-/m0/s1. The quantitative estimate of drug-likeness (QED) is 0.912. The first-order valence-corrected chi connectivity index (χ1v) is 7.94.